The van der Waals surface area contributed by atoms with Gasteiger partial charge < -0.3 is 10.6 Å². The van der Waals surface area contributed by atoms with Crippen LogP contribution in [0.1, 0.15) is 32.8 Å². The minimum Gasteiger partial charge on any atom is -0.381 e. The first-order valence-electron chi connectivity index (χ1n) is 11.7. The van der Waals surface area contributed by atoms with Crippen LogP contribution in [0.3, 0.4) is 0 Å². The molecule has 2 aliphatic heterocycles. The van der Waals surface area contributed by atoms with Crippen molar-refractivity contribution in [1.29, 1.82) is 0 Å². The number of pyridine rings is 1. The summed E-state index contributed by atoms with van der Waals surface area (Å²) in [6.45, 7) is 1.78. The van der Waals surface area contributed by atoms with Crippen LogP contribution >= 0.6 is 11.8 Å². The van der Waals surface area contributed by atoms with Gasteiger partial charge in [0, 0.05) is 30.7 Å². The topological polar surface area (TPSA) is 105 Å². The van der Waals surface area contributed by atoms with Gasteiger partial charge in [-0.3, -0.25) is 19.5 Å². The Morgan fingerprint density at radius 2 is 1.76 bits per heavy atom. The van der Waals surface area contributed by atoms with Crippen molar-refractivity contribution in [2.24, 2.45) is 17.8 Å². The van der Waals surface area contributed by atoms with Gasteiger partial charge in [-0.25, -0.2) is 9.97 Å². The third-order valence-corrected chi connectivity index (χ3v) is 8.32. The number of nitrogen functional groups attached to an aromatic ring is 1. The molecule has 1 aliphatic carbocycles. The second-order valence-corrected chi connectivity index (χ2v) is 10.4. The molecule has 190 valence electrons. The standard InChI is InChI=1S/C25H21F3N6O2S/c26-25(27,28)20-18(6-3-8-30-20)37-22-21(29)32-19(10-31-22)33-9-7-13-16(11-33)17(13)12-34-23(35)14-4-1-2-5-15(14)24(34)36/h1-6,8,10,13,16-17H,7,9,11-12H2,(H2,29,32). The van der Waals surface area contributed by atoms with Gasteiger partial charge in [0.05, 0.1) is 17.3 Å². The van der Waals surface area contributed by atoms with Gasteiger partial charge in [0.1, 0.15) is 10.8 Å². The molecule has 12 heteroatoms. The molecule has 0 spiro atoms. The molecule has 3 aromatic rings. The van der Waals surface area contributed by atoms with E-state index in [1.165, 1.54) is 23.2 Å². The zero-order valence-corrected chi connectivity index (χ0v) is 20.2. The van der Waals surface area contributed by atoms with Gasteiger partial charge in [-0.2, -0.15) is 13.2 Å². The molecule has 1 aromatic carbocycles. The van der Waals surface area contributed by atoms with Crippen molar-refractivity contribution < 1.29 is 22.8 Å². The molecule has 0 radical (unpaired) electrons. The lowest BCUT2D eigenvalue weighted by atomic mass is 10.1. The third-order valence-electron chi connectivity index (χ3n) is 7.27. The highest BCUT2D eigenvalue weighted by atomic mass is 32.2. The van der Waals surface area contributed by atoms with Gasteiger partial charge >= 0.3 is 6.18 Å². The molecule has 3 unspecified atom stereocenters. The number of halogens is 3. The Bertz CT molecular complexity index is 1380. The predicted molar refractivity (Wildman–Crippen MR) is 129 cm³/mol. The van der Waals surface area contributed by atoms with Crippen molar-refractivity contribution in [2.45, 2.75) is 22.5 Å². The van der Waals surface area contributed by atoms with E-state index in [9.17, 15) is 22.8 Å². The van der Waals surface area contributed by atoms with E-state index in [4.69, 9.17) is 5.73 Å². The van der Waals surface area contributed by atoms with Crippen molar-refractivity contribution in [3.05, 3.63) is 65.6 Å². The van der Waals surface area contributed by atoms with Crippen LogP contribution in [0.25, 0.3) is 0 Å². The Balaban J connectivity index is 1.12. The zero-order valence-electron chi connectivity index (χ0n) is 19.4. The Morgan fingerprint density at radius 3 is 2.43 bits per heavy atom. The summed E-state index contributed by atoms with van der Waals surface area (Å²) in [5, 5.41) is 0.173. The van der Waals surface area contributed by atoms with Gasteiger partial charge in [0.2, 0.25) is 0 Å². The number of alkyl halides is 3. The molecule has 37 heavy (non-hydrogen) atoms. The maximum atomic E-state index is 13.3. The number of aromatic nitrogens is 3. The largest absolute Gasteiger partial charge is 0.434 e. The lowest BCUT2D eigenvalue weighted by molar-refractivity contribution is -0.143. The van der Waals surface area contributed by atoms with Crippen LogP contribution in [0.2, 0.25) is 0 Å². The molecule has 1 saturated heterocycles. The second kappa shape index (κ2) is 8.72. The lowest BCUT2D eigenvalue weighted by Crippen LogP contribution is -2.33. The Hall–Kier alpha value is -3.67. The molecule has 2 fully saturated rings. The van der Waals surface area contributed by atoms with Crippen LogP contribution in [0, 0.1) is 17.8 Å². The first-order chi connectivity index (χ1) is 17.7. The number of anilines is 2. The first-order valence-corrected chi connectivity index (χ1v) is 12.6. The van der Waals surface area contributed by atoms with Crippen LogP contribution in [-0.4, -0.2) is 51.3 Å². The molecule has 3 aliphatic rings. The highest BCUT2D eigenvalue weighted by molar-refractivity contribution is 7.99. The Kier molecular flexibility index (Phi) is 5.59. The number of rotatable bonds is 5. The molecule has 8 nitrogen and oxygen atoms in total. The van der Waals surface area contributed by atoms with Crippen LogP contribution < -0.4 is 10.6 Å². The van der Waals surface area contributed by atoms with Crippen molar-refractivity contribution >= 4 is 35.2 Å². The molecule has 0 bridgehead atoms. The summed E-state index contributed by atoms with van der Waals surface area (Å²) in [4.78, 5) is 40.9. The Morgan fingerprint density at radius 1 is 1.03 bits per heavy atom. The summed E-state index contributed by atoms with van der Waals surface area (Å²) in [5.41, 5.74) is 6.00. The first kappa shape index (κ1) is 23.7. The molecule has 1 saturated carbocycles. The van der Waals surface area contributed by atoms with E-state index in [0.29, 0.717) is 48.4 Å². The molecular formula is C25H21F3N6O2S. The monoisotopic (exact) mass is 526 g/mol. The van der Waals surface area contributed by atoms with E-state index in [1.54, 1.807) is 24.3 Å². The third kappa shape index (κ3) is 4.18. The minimum absolute atomic E-state index is 0.0416. The van der Waals surface area contributed by atoms with E-state index >= 15 is 0 Å². The summed E-state index contributed by atoms with van der Waals surface area (Å²) in [6.07, 6.45) is -1.11. The number of hydrogen-bond donors (Lipinski definition) is 1. The molecular weight excluding hydrogens is 505 g/mol. The fraction of sp³-hybridized carbons (Fsp3) is 0.320. The summed E-state index contributed by atoms with van der Waals surface area (Å²) < 4.78 is 39.8. The van der Waals surface area contributed by atoms with E-state index in [-0.39, 0.29) is 33.5 Å². The SMILES string of the molecule is Nc1nc(N2CCC3C(CN4C(=O)c5ccccc5C4=O)C3C2)cnc1Sc1cccnc1C(F)(F)F. The average Bonchev–Trinajstić information content (AvgIpc) is 3.52. The number of benzene rings is 1. The summed E-state index contributed by atoms with van der Waals surface area (Å²) in [5.74, 6) is 1.06. The number of carbonyl (C=O) groups is 2. The van der Waals surface area contributed by atoms with Crippen LogP contribution in [0.5, 0.6) is 0 Å². The number of hydrogen-bond acceptors (Lipinski definition) is 8. The number of fused-ring (bicyclic) bond motifs is 2. The molecule has 2 N–H and O–H groups in total. The van der Waals surface area contributed by atoms with Crippen LogP contribution in [-0.2, 0) is 6.18 Å². The maximum Gasteiger partial charge on any atom is 0.434 e. The van der Waals surface area contributed by atoms with E-state index < -0.39 is 11.9 Å². The van der Waals surface area contributed by atoms with Gasteiger partial charge in [0.15, 0.2) is 11.5 Å². The van der Waals surface area contributed by atoms with Crippen LogP contribution in [0.4, 0.5) is 24.8 Å². The van der Waals surface area contributed by atoms with E-state index in [0.717, 1.165) is 24.4 Å². The number of piperidine rings is 1. The fourth-order valence-electron chi connectivity index (χ4n) is 5.37. The van der Waals surface area contributed by atoms with Crippen molar-refractivity contribution in [2.75, 3.05) is 30.3 Å². The van der Waals surface area contributed by atoms with Gasteiger partial charge in [0.25, 0.3) is 11.8 Å². The highest BCUT2D eigenvalue weighted by Crippen LogP contribution is 2.53. The predicted octanol–water partition coefficient (Wildman–Crippen LogP) is 3.99. The number of nitrogens with two attached hydrogens (primary N) is 1. The van der Waals surface area contributed by atoms with Crippen molar-refractivity contribution in [3.8, 4) is 0 Å². The maximum absolute atomic E-state index is 13.3. The quantitative estimate of drug-likeness (QED) is 0.498. The molecule has 2 amide bonds. The second-order valence-electron chi connectivity index (χ2n) is 9.36. The van der Waals surface area contributed by atoms with E-state index in [1.807, 2.05) is 4.90 Å². The smallest absolute Gasteiger partial charge is 0.381 e. The summed E-state index contributed by atoms with van der Waals surface area (Å²) in [6, 6.07) is 9.62. The number of amides is 2. The number of imide groups is 1. The van der Waals surface area contributed by atoms with Crippen molar-refractivity contribution in [3.63, 3.8) is 0 Å². The minimum atomic E-state index is -4.59. The Labute approximate surface area is 214 Å². The number of nitrogens with zero attached hydrogens (tertiary/aromatic N) is 5. The normalized spacial score (nSPS) is 22.7. The van der Waals surface area contributed by atoms with E-state index in [2.05, 4.69) is 15.0 Å². The zero-order chi connectivity index (χ0) is 25.9. The highest BCUT2D eigenvalue weighted by Gasteiger charge is 2.54. The van der Waals surface area contributed by atoms with Gasteiger partial charge in [-0.1, -0.05) is 23.9 Å². The molecule has 6 rings (SSSR count). The molecule has 3 atom stereocenters. The summed E-state index contributed by atoms with van der Waals surface area (Å²) in [7, 11) is 0. The van der Waals surface area contributed by atoms with Crippen molar-refractivity contribution in [1.82, 2.24) is 19.9 Å². The van der Waals surface area contributed by atoms with Gasteiger partial charge in [-0.15, -0.1) is 0 Å². The molecule has 4 heterocycles. The summed E-state index contributed by atoms with van der Waals surface area (Å²) >= 11 is 0.776. The average molecular weight is 527 g/mol. The lowest BCUT2D eigenvalue weighted by Gasteiger charge is -2.27. The van der Waals surface area contributed by atoms with Gasteiger partial charge in [-0.05, 0) is 48.4 Å². The molecule has 2 aromatic heterocycles. The van der Waals surface area contributed by atoms with Crippen LogP contribution in [0.15, 0.2) is 58.7 Å². The number of carbonyl (C=O) groups excluding carboxylic acids is 2. The fourth-order valence-corrected chi connectivity index (χ4v) is 6.25.